The number of carboxylic acid groups (broad SMARTS) is 1. The molecule has 0 unspecified atom stereocenters. The summed E-state index contributed by atoms with van der Waals surface area (Å²) in [6, 6.07) is 15.2. The Kier molecular flexibility index (Phi) is 6.41. The third kappa shape index (κ3) is 4.72. The average molecular weight is 444 g/mol. The number of hydrogen-bond donors (Lipinski definition) is 1. The summed E-state index contributed by atoms with van der Waals surface area (Å²) in [5.74, 6) is 0.488. The van der Waals surface area contributed by atoms with E-state index in [-0.39, 0.29) is 12.5 Å². The molecule has 0 aliphatic rings. The second-order valence-electron chi connectivity index (χ2n) is 7.83. The molecule has 0 saturated heterocycles. The van der Waals surface area contributed by atoms with Crippen molar-refractivity contribution < 1.29 is 19.2 Å². The highest BCUT2D eigenvalue weighted by Crippen LogP contribution is 2.31. The van der Waals surface area contributed by atoms with Crippen molar-refractivity contribution in [2.24, 2.45) is 0 Å². The van der Waals surface area contributed by atoms with Crippen LogP contribution in [-0.4, -0.2) is 31.9 Å². The topological polar surface area (TPSA) is 114 Å². The Labute approximate surface area is 191 Å². The van der Waals surface area contributed by atoms with Crippen molar-refractivity contribution >= 4 is 16.9 Å². The lowest BCUT2D eigenvalue weighted by Gasteiger charge is -2.13. The molecular weight excluding hydrogens is 420 g/mol. The first kappa shape index (κ1) is 22.1. The number of aromatic nitrogens is 3. The number of aliphatic carboxylic acids is 1. The van der Waals surface area contributed by atoms with Crippen LogP contribution in [0.2, 0.25) is 0 Å². The van der Waals surface area contributed by atoms with E-state index in [1.807, 2.05) is 48.9 Å². The van der Waals surface area contributed by atoms with E-state index in [1.165, 1.54) is 0 Å². The molecule has 0 aliphatic heterocycles. The molecule has 0 saturated carbocycles. The van der Waals surface area contributed by atoms with E-state index in [0.29, 0.717) is 41.6 Å². The van der Waals surface area contributed by atoms with Crippen LogP contribution in [0.5, 0.6) is 5.75 Å². The fourth-order valence-corrected chi connectivity index (χ4v) is 3.62. The molecule has 0 amide bonds. The highest BCUT2D eigenvalue weighted by Gasteiger charge is 2.16. The molecule has 0 aliphatic carbocycles. The van der Waals surface area contributed by atoms with Gasteiger partial charge in [-0.2, -0.15) is 10.2 Å². The van der Waals surface area contributed by atoms with Crippen LogP contribution in [-0.2, 0) is 11.3 Å². The fourth-order valence-electron chi connectivity index (χ4n) is 3.62. The molecule has 4 rings (SSSR count). The van der Waals surface area contributed by atoms with Gasteiger partial charge in [0.15, 0.2) is 0 Å². The number of rotatable bonds is 9. The molecule has 168 valence electrons. The van der Waals surface area contributed by atoms with Gasteiger partial charge in [-0.1, -0.05) is 24.2 Å². The summed E-state index contributed by atoms with van der Waals surface area (Å²) in [6.07, 6.45) is 3.46. The van der Waals surface area contributed by atoms with Crippen LogP contribution >= 0.6 is 0 Å². The highest BCUT2D eigenvalue weighted by atomic mass is 16.5. The lowest BCUT2D eigenvalue weighted by molar-refractivity contribution is -0.137. The van der Waals surface area contributed by atoms with Crippen LogP contribution in [0.4, 0.5) is 0 Å². The number of nitrogens with zero attached hydrogens (tertiary/aromatic N) is 4. The third-order valence-corrected chi connectivity index (χ3v) is 5.52. The number of carboxylic acids is 1. The average Bonchev–Trinajstić information content (AvgIpc) is 3.47. The van der Waals surface area contributed by atoms with Gasteiger partial charge in [-0.15, -0.1) is 0 Å². The maximum absolute atomic E-state index is 10.8. The molecule has 4 aromatic rings. The Balaban J connectivity index is 1.62. The maximum Gasteiger partial charge on any atom is 0.303 e. The highest BCUT2D eigenvalue weighted by molar-refractivity contribution is 5.94. The Morgan fingerprint density at radius 2 is 2.15 bits per heavy atom. The number of fused-ring (bicyclic) bond motifs is 1. The van der Waals surface area contributed by atoms with Crippen molar-refractivity contribution in [1.82, 2.24) is 14.7 Å². The summed E-state index contributed by atoms with van der Waals surface area (Å²) in [5.41, 5.74) is 2.84. The first-order valence-electron chi connectivity index (χ1n) is 10.8. The van der Waals surface area contributed by atoms with Crippen molar-refractivity contribution in [1.29, 1.82) is 5.26 Å². The molecule has 1 N–H and O–H groups in total. The van der Waals surface area contributed by atoms with E-state index in [2.05, 4.69) is 16.2 Å². The normalized spacial score (nSPS) is 11.9. The van der Waals surface area contributed by atoms with E-state index in [4.69, 9.17) is 14.4 Å². The van der Waals surface area contributed by atoms with Gasteiger partial charge in [-0.3, -0.25) is 4.79 Å². The Hall–Kier alpha value is -4.12. The van der Waals surface area contributed by atoms with E-state index in [9.17, 15) is 10.1 Å². The standard InChI is InChI=1S/C25H24N4O4/c1-3-16(2)32-22-10-9-17(14-18(22)15-26)25-27-24(28-33-25)20-6-4-7-21-19(20)11-13-29(21)12-5-8-23(30)31/h4,6-7,9-11,13-14,16H,3,5,8,12H2,1-2H3,(H,30,31)/t16-/m1/s1. The summed E-state index contributed by atoms with van der Waals surface area (Å²) < 4.78 is 13.4. The van der Waals surface area contributed by atoms with E-state index < -0.39 is 5.97 Å². The molecular formula is C25H24N4O4. The minimum Gasteiger partial charge on any atom is -0.489 e. The van der Waals surface area contributed by atoms with Gasteiger partial charge < -0.3 is 18.9 Å². The minimum atomic E-state index is -0.800. The molecule has 0 spiro atoms. The first-order valence-corrected chi connectivity index (χ1v) is 10.8. The van der Waals surface area contributed by atoms with E-state index in [0.717, 1.165) is 22.9 Å². The maximum atomic E-state index is 10.8. The monoisotopic (exact) mass is 444 g/mol. The number of aryl methyl sites for hydroxylation is 1. The van der Waals surface area contributed by atoms with Gasteiger partial charge in [0, 0.05) is 41.2 Å². The molecule has 0 bridgehead atoms. The minimum absolute atomic E-state index is 0.00915. The number of ether oxygens (including phenoxy) is 1. The number of benzene rings is 2. The van der Waals surface area contributed by atoms with Crippen LogP contribution in [0.1, 0.15) is 38.7 Å². The van der Waals surface area contributed by atoms with Gasteiger partial charge in [0.1, 0.15) is 11.8 Å². The Morgan fingerprint density at radius 3 is 2.91 bits per heavy atom. The SMILES string of the molecule is CC[C@@H](C)Oc1ccc(-c2nc(-c3cccc4c3ccn4CCCC(=O)O)no2)cc1C#N. The predicted octanol–water partition coefficient (Wildman–Crippen LogP) is 5.27. The molecule has 33 heavy (non-hydrogen) atoms. The van der Waals surface area contributed by atoms with Crippen molar-refractivity contribution in [2.75, 3.05) is 0 Å². The van der Waals surface area contributed by atoms with Gasteiger partial charge >= 0.3 is 5.97 Å². The molecule has 2 aromatic carbocycles. The van der Waals surface area contributed by atoms with Crippen LogP contribution in [0.15, 0.2) is 53.2 Å². The fraction of sp³-hybridized carbons (Fsp3) is 0.280. The number of carbonyl (C=O) groups is 1. The molecule has 2 heterocycles. The molecule has 8 heteroatoms. The number of hydrogen-bond acceptors (Lipinski definition) is 6. The summed E-state index contributed by atoms with van der Waals surface area (Å²) in [6.45, 7) is 4.59. The smallest absolute Gasteiger partial charge is 0.303 e. The zero-order chi connectivity index (χ0) is 23.4. The van der Waals surface area contributed by atoms with Crippen LogP contribution in [0.25, 0.3) is 33.7 Å². The van der Waals surface area contributed by atoms with Crippen molar-refractivity contribution in [2.45, 2.75) is 45.8 Å². The van der Waals surface area contributed by atoms with Gasteiger partial charge in [0.05, 0.1) is 11.7 Å². The van der Waals surface area contributed by atoms with Gasteiger partial charge in [0.25, 0.3) is 5.89 Å². The Bertz CT molecular complexity index is 1330. The zero-order valence-electron chi connectivity index (χ0n) is 18.5. The molecule has 0 radical (unpaired) electrons. The van der Waals surface area contributed by atoms with E-state index in [1.54, 1.807) is 18.2 Å². The largest absolute Gasteiger partial charge is 0.489 e. The second-order valence-corrected chi connectivity index (χ2v) is 7.83. The molecule has 0 fully saturated rings. The van der Waals surface area contributed by atoms with Crippen LogP contribution < -0.4 is 4.74 Å². The molecule has 2 aromatic heterocycles. The molecule has 8 nitrogen and oxygen atoms in total. The van der Waals surface area contributed by atoms with Gasteiger partial charge in [0.2, 0.25) is 5.82 Å². The predicted molar refractivity (Wildman–Crippen MR) is 123 cm³/mol. The van der Waals surface area contributed by atoms with Gasteiger partial charge in [-0.05, 0) is 50.1 Å². The van der Waals surface area contributed by atoms with Crippen LogP contribution in [0.3, 0.4) is 0 Å². The van der Waals surface area contributed by atoms with E-state index >= 15 is 0 Å². The summed E-state index contributed by atoms with van der Waals surface area (Å²) in [7, 11) is 0. The van der Waals surface area contributed by atoms with Gasteiger partial charge in [-0.25, -0.2) is 0 Å². The lowest BCUT2D eigenvalue weighted by Crippen LogP contribution is -2.10. The number of nitriles is 1. The van der Waals surface area contributed by atoms with Crippen LogP contribution in [0, 0.1) is 11.3 Å². The third-order valence-electron chi connectivity index (χ3n) is 5.52. The molecule has 1 atom stereocenters. The lowest BCUT2D eigenvalue weighted by atomic mass is 10.1. The van der Waals surface area contributed by atoms with Crippen molar-refractivity contribution in [3.8, 4) is 34.7 Å². The Morgan fingerprint density at radius 1 is 1.30 bits per heavy atom. The van der Waals surface area contributed by atoms with Crippen molar-refractivity contribution in [3.63, 3.8) is 0 Å². The van der Waals surface area contributed by atoms with Crippen molar-refractivity contribution in [3.05, 3.63) is 54.2 Å². The summed E-state index contributed by atoms with van der Waals surface area (Å²) in [4.78, 5) is 15.4. The summed E-state index contributed by atoms with van der Waals surface area (Å²) in [5, 5.41) is 23.5. The second kappa shape index (κ2) is 9.57. The quantitative estimate of drug-likeness (QED) is 0.374. The summed E-state index contributed by atoms with van der Waals surface area (Å²) >= 11 is 0. The zero-order valence-corrected chi connectivity index (χ0v) is 18.5. The first-order chi connectivity index (χ1) is 16.0.